The molecule has 126 valence electrons. The van der Waals surface area contributed by atoms with E-state index in [4.69, 9.17) is 4.74 Å². The maximum absolute atomic E-state index is 12.7. The fourth-order valence-corrected chi connectivity index (χ4v) is 2.82. The Morgan fingerprint density at radius 1 is 1.33 bits per heavy atom. The Kier molecular flexibility index (Phi) is 4.99. The lowest BCUT2D eigenvalue weighted by molar-refractivity contribution is 0.0769. The summed E-state index contributed by atoms with van der Waals surface area (Å²) in [5, 5.41) is 0. The molecule has 24 heavy (non-hydrogen) atoms. The molecule has 1 aromatic carbocycles. The van der Waals surface area contributed by atoms with Gasteiger partial charge in [-0.2, -0.15) is 0 Å². The van der Waals surface area contributed by atoms with Gasteiger partial charge in [0.15, 0.2) is 0 Å². The van der Waals surface area contributed by atoms with Crippen LogP contribution in [0.1, 0.15) is 16.8 Å². The summed E-state index contributed by atoms with van der Waals surface area (Å²) in [5.41, 5.74) is 1.71. The van der Waals surface area contributed by atoms with E-state index in [-0.39, 0.29) is 12.0 Å². The van der Waals surface area contributed by atoms with Gasteiger partial charge in [-0.15, -0.1) is 0 Å². The molecule has 0 spiro atoms. The number of amides is 1. The molecule has 1 fully saturated rings. The normalized spacial score (nSPS) is 17.0. The molecule has 0 bridgehead atoms. The number of carbonyl (C=O) groups excluding carboxylic acids is 1. The average Bonchev–Trinajstić information content (AvgIpc) is 3.05. The Labute approximate surface area is 149 Å². The smallest absolute Gasteiger partial charge is 0.316 e. The van der Waals surface area contributed by atoms with Gasteiger partial charge in [-0.3, -0.25) is 4.79 Å². The van der Waals surface area contributed by atoms with Crippen molar-refractivity contribution in [1.82, 2.24) is 14.9 Å². The standard InChI is InChI=1S/C17H19BrN4O2/c1-21(2)14-5-3-4-12(8-14)16(23)22-7-6-15(11-22)24-17-19-9-13(18)10-20-17/h3-5,8-10,15H,6-7,11H2,1-2H3/t15-/m1/s1. The van der Waals surface area contributed by atoms with Crippen LogP contribution in [0.5, 0.6) is 6.01 Å². The highest BCUT2D eigenvalue weighted by atomic mass is 79.9. The summed E-state index contributed by atoms with van der Waals surface area (Å²) in [6.07, 6.45) is 3.99. The molecule has 3 rings (SSSR count). The predicted octanol–water partition coefficient (Wildman–Crippen LogP) is 2.60. The third-order valence-corrected chi connectivity index (χ3v) is 4.32. The number of aromatic nitrogens is 2. The van der Waals surface area contributed by atoms with Gasteiger partial charge in [0, 0.05) is 50.7 Å². The zero-order valence-corrected chi connectivity index (χ0v) is 15.2. The van der Waals surface area contributed by atoms with Gasteiger partial charge in [0.05, 0.1) is 11.0 Å². The molecule has 0 radical (unpaired) electrons. The molecule has 1 amide bonds. The zero-order valence-electron chi connectivity index (χ0n) is 13.6. The summed E-state index contributed by atoms with van der Waals surface area (Å²) in [7, 11) is 3.92. The second-order valence-electron chi connectivity index (χ2n) is 5.91. The summed E-state index contributed by atoms with van der Waals surface area (Å²) in [6, 6.07) is 7.99. The van der Waals surface area contributed by atoms with Gasteiger partial charge in [-0.05, 0) is 34.1 Å². The lowest BCUT2D eigenvalue weighted by Crippen LogP contribution is -2.31. The van der Waals surface area contributed by atoms with Crippen LogP contribution in [0.4, 0.5) is 5.69 Å². The number of ether oxygens (including phenoxy) is 1. The largest absolute Gasteiger partial charge is 0.458 e. The van der Waals surface area contributed by atoms with Gasteiger partial charge < -0.3 is 14.5 Å². The van der Waals surface area contributed by atoms with E-state index in [0.717, 1.165) is 16.6 Å². The van der Waals surface area contributed by atoms with Crippen molar-refractivity contribution in [3.63, 3.8) is 0 Å². The molecule has 0 aliphatic carbocycles. The number of benzene rings is 1. The Morgan fingerprint density at radius 3 is 2.79 bits per heavy atom. The van der Waals surface area contributed by atoms with Crippen molar-refractivity contribution in [3.8, 4) is 6.01 Å². The van der Waals surface area contributed by atoms with Crippen LogP contribution in [-0.4, -0.2) is 54.1 Å². The molecular formula is C17H19BrN4O2. The summed E-state index contributed by atoms with van der Waals surface area (Å²) < 4.78 is 6.57. The summed E-state index contributed by atoms with van der Waals surface area (Å²) in [4.78, 5) is 24.7. The minimum atomic E-state index is -0.0767. The second kappa shape index (κ2) is 7.17. The third-order valence-electron chi connectivity index (χ3n) is 3.91. The first-order valence-corrected chi connectivity index (χ1v) is 8.53. The van der Waals surface area contributed by atoms with Crippen LogP contribution in [0.25, 0.3) is 0 Å². The van der Waals surface area contributed by atoms with Crippen LogP contribution < -0.4 is 9.64 Å². The molecule has 0 N–H and O–H groups in total. The van der Waals surface area contributed by atoms with Gasteiger partial charge >= 0.3 is 6.01 Å². The summed E-state index contributed by atoms with van der Waals surface area (Å²) >= 11 is 3.29. The van der Waals surface area contributed by atoms with E-state index < -0.39 is 0 Å². The predicted molar refractivity (Wildman–Crippen MR) is 95.4 cm³/mol. The van der Waals surface area contributed by atoms with E-state index in [0.29, 0.717) is 24.7 Å². The molecule has 1 atom stereocenters. The number of hydrogen-bond donors (Lipinski definition) is 0. The van der Waals surface area contributed by atoms with Crippen LogP contribution in [0.2, 0.25) is 0 Å². The van der Waals surface area contributed by atoms with E-state index in [9.17, 15) is 4.79 Å². The van der Waals surface area contributed by atoms with E-state index in [1.165, 1.54) is 0 Å². The topological polar surface area (TPSA) is 58.6 Å². The van der Waals surface area contributed by atoms with Crippen molar-refractivity contribution in [3.05, 3.63) is 46.7 Å². The average molecular weight is 391 g/mol. The van der Waals surface area contributed by atoms with Crippen LogP contribution in [0, 0.1) is 0 Å². The van der Waals surface area contributed by atoms with Gasteiger partial charge in [-0.25, -0.2) is 9.97 Å². The number of carbonyl (C=O) groups is 1. The minimum absolute atomic E-state index is 0.0292. The number of rotatable bonds is 4. The third kappa shape index (κ3) is 3.84. The fourth-order valence-electron chi connectivity index (χ4n) is 2.62. The molecule has 2 heterocycles. The molecule has 1 aromatic heterocycles. The molecule has 0 unspecified atom stereocenters. The highest BCUT2D eigenvalue weighted by molar-refractivity contribution is 9.10. The molecule has 6 nitrogen and oxygen atoms in total. The molecular weight excluding hydrogens is 372 g/mol. The molecule has 2 aromatic rings. The van der Waals surface area contributed by atoms with E-state index in [1.54, 1.807) is 12.4 Å². The maximum atomic E-state index is 12.7. The Bertz CT molecular complexity index is 721. The van der Waals surface area contributed by atoms with Gasteiger partial charge in [0.1, 0.15) is 6.10 Å². The number of nitrogens with zero attached hydrogens (tertiary/aromatic N) is 4. The highest BCUT2D eigenvalue weighted by Gasteiger charge is 2.29. The Morgan fingerprint density at radius 2 is 2.08 bits per heavy atom. The van der Waals surface area contributed by atoms with Gasteiger partial charge in [-0.1, -0.05) is 6.07 Å². The Balaban J connectivity index is 1.63. The van der Waals surface area contributed by atoms with Crippen molar-refractivity contribution in [2.75, 3.05) is 32.1 Å². The summed E-state index contributed by atoms with van der Waals surface area (Å²) in [6.45, 7) is 1.22. The van der Waals surface area contributed by atoms with Gasteiger partial charge in [0.2, 0.25) is 0 Å². The second-order valence-corrected chi connectivity index (χ2v) is 6.82. The molecule has 1 aliphatic heterocycles. The zero-order chi connectivity index (χ0) is 17.1. The van der Waals surface area contributed by atoms with E-state index in [2.05, 4.69) is 25.9 Å². The molecule has 1 aliphatic rings. The lowest BCUT2D eigenvalue weighted by Gasteiger charge is -2.18. The van der Waals surface area contributed by atoms with Crippen molar-refractivity contribution < 1.29 is 9.53 Å². The first-order chi connectivity index (χ1) is 11.5. The number of halogens is 1. The van der Waals surface area contributed by atoms with Gasteiger partial charge in [0.25, 0.3) is 5.91 Å². The number of hydrogen-bond acceptors (Lipinski definition) is 5. The monoisotopic (exact) mass is 390 g/mol. The van der Waals surface area contributed by atoms with Crippen molar-refractivity contribution in [2.24, 2.45) is 0 Å². The maximum Gasteiger partial charge on any atom is 0.316 e. The Hall–Kier alpha value is -2.15. The van der Waals surface area contributed by atoms with Crippen molar-refractivity contribution in [1.29, 1.82) is 0 Å². The number of anilines is 1. The first-order valence-electron chi connectivity index (χ1n) is 7.74. The lowest BCUT2D eigenvalue weighted by atomic mass is 10.1. The first kappa shape index (κ1) is 16.7. The molecule has 1 saturated heterocycles. The SMILES string of the molecule is CN(C)c1cccc(C(=O)N2CC[C@@H](Oc3ncc(Br)cn3)C2)c1. The number of likely N-dealkylation sites (tertiary alicyclic amines) is 1. The minimum Gasteiger partial charge on any atom is -0.458 e. The fraction of sp³-hybridized carbons (Fsp3) is 0.353. The van der Waals surface area contributed by atoms with E-state index in [1.807, 2.05) is 48.2 Å². The molecule has 7 heteroatoms. The highest BCUT2D eigenvalue weighted by Crippen LogP contribution is 2.20. The van der Waals surface area contributed by atoms with Crippen LogP contribution in [0.3, 0.4) is 0 Å². The molecule has 0 saturated carbocycles. The van der Waals surface area contributed by atoms with Crippen molar-refractivity contribution in [2.45, 2.75) is 12.5 Å². The van der Waals surface area contributed by atoms with Crippen LogP contribution in [-0.2, 0) is 0 Å². The van der Waals surface area contributed by atoms with Crippen molar-refractivity contribution >= 4 is 27.5 Å². The summed E-state index contributed by atoms with van der Waals surface area (Å²) in [5.74, 6) is 0.0292. The van der Waals surface area contributed by atoms with E-state index >= 15 is 0 Å². The van der Waals surface area contributed by atoms with Crippen LogP contribution in [0.15, 0.2) is 41.1 Å². The quantitative estimate of drug-likeness (QED) is 0.802. The van der Waals surface area contributed by atoms with Crippen LogP contribution >= 0.6 is 15.9 Å².